The Bertz CT molecular complexity index is 164. The summed E-state index contributed by atoms with van der Waals surface area (Å²) in [4.78, 5) is 0. The Kier molecular flexibility index (Phi) is 9.81. The zero-order valence-corrected chi connectivity index (χ0v) is 12.0. The van der Waals surface area contributed by atoms with E-state index in [0.717, 1.165) is 0 Å². The van der Waals surface area contributed by atoms with Gasteiger partial charge in [-0.2, -0.15) is 0 Å². The fraction of sp³-hybridized carbons (Fsp3) is 1.00. The monoisotopic (exact) mass is 245 g/mol. The molecule has 0 N–H and O–H groups in total. The summed E-state index contributed by atoms with van der Waals surface area (Å²) in [6, 6.07) is 0. The van der Waals surface area contributed by atoms with E-state index in [2.05, 4.69) is 13.8 Å². The second kappa shape index (κ2) is 9.87. The molecule has 0 aromatic carbocycles. The summed E-state index contributed by atoms with van der Waals surface area (Å²) < 4.78 is 1.47. The maximum absolute atomic E-state index is 2.33. The summed E-state index contributed by atoms with van der Waals surface area (Å²) in [6.07, 6.45) is 13.0. The Morgan fingerprint density at radius 1 is 0.706 bits per heavy atom. The van der Waals surface area contributed by atoms with Crippen LogP contribution in [0.5, 0.6) is 0 Å². The van der Waals surface area contributed by atoms with E-state index in [-0.39, 0.29) is 4.70 Å². The van der Waals surface area contributed by atoms with Crippen molar-refractivity contribution in [2.75, 3.05) is 26.2 Å². The van der Waals surface area contributed by atoms with E-state index in [1.165, 1.54) is 88.4 Å². The average Bonchev–Trinajstić information content (AvgIpc) is 2.76. The fourth-order valence-electron chi connectivity index (χ4n) is 3.11. The summed E-state index contributed by atoms with van der Waals surface area (Å²) in [5.41, 5.74) is 0. The number of halogens is 1. The third kappa shape index (κ3) is 6.40. The normalized spacial score (nSPS) is 18.0. The maximum atomic E-state index is 2.33. The second-order valence-electron chi connectivity index (χ2n) is 5.71. The molecule has 17 heavy (non-hydrogen) atoms. The van der Waals surface area contributed by atoms with E-state index in [9.17, 15) is 0 Å². The molecular formula is C15H32FN. The van der Waals surface area contributed by atoms with Gasteiger partial charge in [0.25, 0.3) is 0 Å². The largest absolute Gasteiger partial charge is 1.00 e. The molecule has 1 saturated heterocycles. The minimum Gasteiger partial charge on any atom is -1.00 e. The first kappa shape index (κ1) is 16.9. The van der Waals surface area contributed by atoms with E-state index in [1.807, 2.05) is 0 Å². The highest BCUT2D eigenvalue weighted by Crippen LogP contribution is 2.22. The van der Waals surface area contributed by atoms with Crippen LogP contribution in [0, 0.1) is 0 Å². The van der Waals surface area contributed by atoms with Crippen molar-refractivity contribution in [2.24, 2.45) is 0 Å². The lowest BCUT2D eigenvalue weighted by Crippen LogP contribution is -3.00. The molecule has 0 spiro atoms. The van der Waals surface area contributed by atoms with E-state index in [1.54, 1.807) is 0 Å². The smallest absolute Gasteiger partial charge is 0.0788 e. The lowest BCUT2D eigenvalue weighted by molar-refractivity contribution is -0.917. The van der Waals surface area contributed by atoms with Gasteiger partial charge in [0.2, 0.25) is 0 Å². The first-order valence-electron chi connectivity index (χ1n) is 7.68. The first-order chi connectivity index (χ1) is 7.83. The number of rotatable bonds is 9. The highest BCUT2D eigenvalue weighted by atomic mass is 19.0. The number of quaternary nitrogens is 1. The van der Waals surface area contributed by atoms with Gasteiger partial charge >= 0.3 is 0 Å². The summed E-state index contributed by atoms with van der Waals surface area (Å²) in [6.45, 7) is 10.5. The molecule has 0 aromatic rings. The van der Waals surface area contributed by atoms with Crippen LogP contribution in [-0.4, -0.2) is 30.7 Å². The topological polar surface area (TPSA) is 0 Å². The van der Waals surface area contributed by atoms with Gasteiger partial charge in [0, 0.05) is 12.8 Å². The van der Waals surface area contributed by atoms with Crippen molar-refractivity contribution in [3.05, 3.63) is 0 Å². The van der Waals surface area contributed by atoms with Gasteiger partial charge in [-0.15, -0.1) is 0 Å². The molecule has 0 saturated carbocycles. The molecule has 0 aromatic heterocycles. The van der Waals surface area contributed by atoms with Gasteiger partial charge in [-0.3, -0.25) is 0 Å². The maximum Gasteiger partial charge on any atom is 0.0788 e. The van der Waals surface area contributed by atoms with Crippen molar-refractivity contribution in [1.82, 2.24) is 0 Å². The molecule has 1 aliphatic heterocycles. The first-order valence-corrected chi connectivity index (χ1v) is 7.68. The molecule has 1 aliphatic rings. The molecule has 104 valence electrons. The number of nitrogens with zero attached hydrogens (tertiary/aromatic N) is 1. The van der Waals surface area contributed by atoms with Gasteiger partial charge in [-0.25, -0.2) is 0 Å². The standard InChI is InChI=1S/C15H32N.FH/c1-3-5-7-8-9-13-16(12-6-4-2)14-10-11-15-16;/h3-15H2,1-2H3;1H/q+1;/p-1. The highest BCUT2D eigenvalue weighted by Gasteiger charge is 2.30. The summed E-state index contributed by atoms with van der Waals surface area (Å²) in [5.74, 6) is 0. The lowest BCUT2D eigenvalue weighted by atomic mass is 10.1. The van der Waals surface area contributed by atoms with Crippen LogP contribution in [0.4, 0.5) is 0 Å². The summed E-state index contributed by atoms with van der Waals surface area (Å²) in [5, 5.41) is 0. The minimum absolute atomic E-state index is 0. The number of hydrogen-bond acceptors (Lipinski definition) is 0. The molecule has 2 heteroatoms. The van der Waals surface area contributed by atoms with Gasteiger partial charge < -0.3 is 9.19 Å². The van der Waals surface area contributed by atoms with Crippen molar-refractivity contribution in [3.8, 4) is 0 Å². The number of likely N-dealkylation sites (tertiary alicyclic amines) is 1. The molecule has 0 amide bonds. The van der Waals surface area contributed by atoms with Crippen LogP contribution in [0.15, 0.2) is 0 Å². The quantitative estimate of drug-likeness (QED) is 0.425. The van der Waals surface area contributed by atoms with E-state index >= 15 is 0 Å². The zero-order valence-electron chi connectivity index (χ0n) is 12.0. The fourth-order valence-corrected chi connectivity index (χ4v) is 3.11. The van der Waals surface area contributed by atoms with Crippen LogP contribution >= 0.6 is 0 Å². The molecule has 1 rings (SSSR count). The van der Waals surface area contributed by atoms with Crippen LogP contribution < -0.4 is 4.70 Å². The zero-order chi connectivity index (χ0) is 11.7. The molecule has 0 unspecified atom stereocenters. The van der Waals surface area contributed by atoms with Gasteiger partial charge in [0.05, 0.1) is 26.2 Å². The number of unbranched alkanes of at least 4 members (excludes halogenated alkanes) is 5. The van der Waals surface area contributed by atoms with E-state index in [0.29, 0.717) is 0 Å². The van der Waals surface area contributed by atoms with Crippen molar-refractivity contribution >= 4 is 0 Å². The summed E-state index contributed by atoms with van der Waals surface area (Å²) in [7, 11) is 0. The van der Waals surface area contributed by atoms with Crippen molar-refractivity contribution in [1.29, 1.82) is 0 Å². The molecular weight excluding hydrogens is 213 g/mol. The molecule has 0 aliphatic carbocycles. The minimum atomic E-state index is 0. The van der Waals surface area contributed by atoms with E-state index < -0.39 is 0 Å². The van der Waals surface area contributed by atoms with Crippen LogP contribution in [0.1, 0.15) is 71.6 Å². The molecule has 0 radical (unpaired) electrons. The number of hydrogen-bond donors (Lipinski definition) is 0. The van der Waals surface area contributed by atoms with Crippen LogP contribution in [0.3, 0.4) is 0 Å². The Morgan fingerprint density at radius 2 is 1.24 bits per heavy atom. The van der Waals surface area contributed by atoms with E-state index in [4.69, 9.17) is 0 Å². The van der Waals surface area contributed by atoms with Crippen molar-refractivity contribution < 1.29 is 9.19 Å². The Hall–Kier alpha value is -0.110. The van der Waals surface area contributed by atoms with Crippen molar-refractivity contribution in [2.45, 2.75) is 71.6 Å². The van der Waals surface area contributed by atoms with Gasteiger partial charge in [-0.1, -0.05) is 39.5 Å². The molecule has 1 heterocycles. The molecule has 0 atom stereocenters. The predicted octanol–water partition coefficient (Wildman–Crippen LogP) is 1.37. The lowest BCUT2D eigenvalue weighted by Gasteiger charge is -2.34. The summed E-state index contributed by atoms with van der Waals surface area (Å²) >= 11 is 0. The van der Waals surface area contributed by atoms with Crippen LogP contribution in [0.25, 0.3) is 0 Å². The third-order valence-corrected chi connectivity index (χ3v) is 4.24. The SMILES string of the molecule is CCCCCCC[N+]1(CCCC)CCCC1.[F-]. The van der Waals surface area contributed by atoms with Gasteiger partial charge in [-0.05, 0) is 19.3 Å². The Labute approximate surface area is 108 Å². The van der Waals surface area contributed by atoms with Gasteiger partial charge in [0.15, 0.2) is 0 Å². The Morgan fingerprint density at radius 3 is 1.82 bits per heavy atom. The molecule has 1 nitrogen and oxygen atoms in total. The van der Waals surface area contributed by atoms with Gasteiger partial charge in [0.1, 0.15) is 0 Å². The highest BCUT2D eigenvalue weighted by molar-refractivity contribution is 4.56. The third-order valence-electron chi connectivity index (χ3n) is 4.24. The molecule has 1 fully saturated rings. The van der Waals surface area contributed by atoms with Crippen LogP contribution in [0.2, 0.25) is 0 Å². The average molecular weight is 245 g/mol. The predicted molar refractivity (Wildman–Crippen MR) is 72.6 cm³/mol. The van der Waals surface area contributed by atoms with Crippen molar-refractivity contribution in [3.63, 3.8) is 0 Å². The second-order valence-corrected chi connectivity index (χ2v) is 5.71. The van der Waals surface area contributed by atoms with Crippen LogP contribution in [-0.2, 0) is 0 Å². The molecule has 0 bridgehead atoms. The Balaban J connectivity index is 0.00000256.